The summed E-state index contributed by atoms with van der Waals surface area (Å²) >= 11 is 1.26. The molecule has 1 unspecified atom stereocenters. The molecule has 2 heterocycles. The first-order valence-electron chi connectivity index (χ1n) is 6.35. The summed E-state index contributed by atoms with van der Waals surface area (Å²) in [6, 6.07) is 9.69. The maximum absolute atomic E-state index is 11.8. The van der Waals surface area contributed by atoms with Crippen LogP contribution in [0.2, 0.25) is 0 Å². The molecule has 0 fully saturated rings. The minimum absolute atomic E-state index is 0.331. The van der Waals surface area contributed by atoms with Crippen LogP contribution in [0.25, 0.3) is 0 Å². The molecule has 2 aliphatic rings. The van der Waals surface area contributed by atoms with Gasteiger partial charge in [-0.3, -0.25) is 4.90 Å². The van der Waals surface area contributed by atoms with Gasteiger partial charge in [0.1, 0.15) is 4.91 Å². The Morgan fingerprint density at radius 2 is 2.05 bits per heavy atom. The molecule has 1 aromatic rings. The minimum atomic E-state index is -0.390. The van der Waals surface area contributed by atoms with E-state index in [0.717, 1.165) is 5.56 Å². The normalized spacial score (nSPS) is 20.9. The number of nitrogens with two attached hydrogens (primary N) is 1. The van der Waals surface area contributed by atoms with Crippen LogP contribution in [0, 0.1) is 0 Å². The van der Waals surface area contributed by atoms with Crippen LogP contribution in [0.5, 0.6) is 0 Å². The Morgan fingerprint density at radius 1 is 1.33 bits per heavy atom. The summed E-state index contributed by atoms with van der Waals surface area (Å²) in [5.74, 6) is -0.0589. The number of esters is 1. The number of carbonyl (C=O) groups excluding carboxylic acids is 1. The number of nitrogens with zero attached hydrogens (tertiary/aromatic N) is 3. The number of allylic oxidation sites excluding steroid dienone is 1. The molecular formula is C14H14N4O2S. The Hall–Kier alpha value is -2.28. The lowest BCUT2D eigenvalue weighted by Gasteiger charge is -2.25. The topological polar surface area (TPSA) is 80.3 Å². The summed E-state index contributed by atoms with van der Waals surface area (Å²) in [4.78, 5) is 22.9. The zero-order valence-corrected chi connectivity index (χ0v) is 12.4. The van der Waals surface area contributed by atoms with E-state index in [1.807, 2.05) is 30.3 Å². The predicted octanol–water partition coefficient (Wildman–Crippen LogP) is 1.82. The van der Waals surface area contributed by atoms with Gasteiger partial charge >= 0.3 is 5.97 Å². The minimum Gasteiger partial charge on any atom is -0.465 e. The van der Waals surface area contributed by atoms with Crippen molar-refractivity contribution in [3.8, 4) is 0 Å². The fourth-order valence-corrected chi connectivity index (χ4v) is 3.25. The Kier molecular flexibility index (Phi) is 3.42. The molecule has 0 spiro atoms. The summed E-state index contributed by atoms with van der Waals surface area (Å²) in [6.45, 7) is 1.80. The molecule has 21 heavy (non-hydrogen) atoms. The third-order valence-electron chi connectivity index (χ3n) is 3.23. The number of thioether (sulfide) groups is 1. The van der Waals surface area contributed by atoms with Gasteiger partial charge in [0, 0.05) is 5.70 Å². The maximum atomic E-state index is 11.8. The van der Waals surface area contributed by atoms with Crippen molar-refractivity contribution in [2.24, 2.45) is 15.7 Å². The van der Waals surface area contributed by atoms with Gasteiger partial charge in [-0.1, -0.05) is 30.3 Å². The lowest BCUT2D eigenvalue weighted by Crippen LogP contribution is -2.39. The Bertz CT molecular complexity index is 681. The quantitative estimate of drug-likeness (QED) is 0.843. The van der Waals surface area contributed by atoms with E-state index in [2.05, 4.69) is 9.98 Å². The molecule has 108 valence electrons. The second-order valence-electron chi connectivity index (χ2n) is 4.53. The van der Waals surface area contributed by atoms with Crippen LogP contribution >= 0.6 is 11.8 Å². The number of methoxy groups -OCH3 is 1. The molecule has 0 saturated carbocycles. The Balaban J connectivity index is 1.96. The van der Waals surface area contributed by atoms with Crippen molar-refractivity contribution < 1.29 is 9.53 Å². The first kappa shape index (κ1) is 13.7. The fraction of sp³-hybridized carbons (Fsp3) is 0.214. The van der Waals surface area contributed by atoms with E-state index in [-0.39, 0.29) is 6.17 Å². The number of hydrogen-bond acceptors (Lipinski definition) is 7. The first-order valence-corrected chi connectivity index (χ1v) is 7.16. The summed E-state index contributed by atoms with van der Waals surface area (Å²) in [7, 11) is 1.35. The van der Waals surface area contributed by atoms with Crippen molar-refractivity contribution in [1.82, 2.24) is 4.90 Å². The van der Waals surface area contributed by atoms with Gasteiger partial charge < -0.3 is 10.5 Å². The van der Waals surface area contributed by atoms with Crippen LogP contribution < -0.4 is 5.73 Å². The summed E-state index contributed by atoms with van der Waals surface area (Å²) in [5, 5.41) is 0.647. The highest BCUT2D eigenvalue weighted by atomic mass is 32.2. The molecule has 0 aromatic heterocycles. The number of benzene rings is 1. The van der Waals surface area contributed by atoms with Gasteiger partial charge in [0.2, 0.25) is 5.96 Å². The van der Waals surface area contributed by atoms with Crippen molar-refractivity contribution >= 4 is 28.9 Å². The number of fused-ring (bicyclic) bond motifs is 1. The maximum Gasteiger partial charge on any atom is 0.346 e. The smallest absolute Gasteiger partial charge is 0.346 e. The van der Waals surface area contributed by atoms with Crippen LogP contribution in [-0.2, 0) is 9.53 Å². The average molecular weight is 302 g/mol. The fourth-order valence-electron chi connectivity index (χ4n) is 2.18. The molecule has 0 amide bonds. The van der Waals surface area contributed by atoms with Gasteiger partial charge in [-0.15, -0.1) is 0 Å². The van der Waals surface area contributed by atoms with Crippen molar-refractivity contribution in [3.05, 3.63) is 46.5 Å². The lowest BCUT2D eigenvalue weighted by atomic mass is 10.2. The van der Waals surface area contributed by atoms with Crippen molar-refractivity contribution in [3.63, 3.8) is 0 Å². The van der Waals surface area contributed by atoms with Crippen LogP contribution in [0.15, 0.2) is 50.9 Å². The number of guanidine groups is 1. The molecule has 3 rings (SSSR count). The van der Waals surface area contributed by atoms with Gasteiger partial charge in [0.25, 0.3) is 0 Å². The highest BCUT2D eigenvalue weighted by Gasteiger charge is 2.36. The van der Waals surface area contributed by atoms with E-state index in [9.17, 15) is 4.79 Å². The summed E-state index contributed by atoms with van der Waals surface area (Å²) in [5.41, 5.74) is 7.69. The monoisotopic (exact) mass is 302 g/mol. The van der Waals surface area contributed by atoms with Crippen LogP contribution in [0.1, 0.15) is 18.7 Å². The molecule has 2 N–H and O–H groups in total. The van der Waals surface area contributed by atoms with Crippen molar-refractivity contribution in [2.45, 2.75) is 13.1 Å². The van der Waals surface area contributed by atoms with Crippen molar-refractivity contribution in [1.29, 1.82) is 0 Å². The molecule has 1 aromatic carbocycles. The third-order valence-corrected chi connectivity index (χ3v) is 4.37. The van der Waals surface area contributed by atoms with Crippen LogP contribution in [0.3, 0.4) is 0 Å². The van der Waals surface area contributed by atoms with E-state index in [4.69, 9.17) is 10.5 Å². The standard InChI is InChI=1S/C14H14N4O2S/c1-8-10(12(19)20-2)21-14-17-11(16-13(15)18(8)14)9-6-4-3-5-7-9/h3-7,11H,1-2H3,(H2,15,16). The van der Waals surface area contributed by atoms with Crippen molar-refractivity contribution in [2.75, 3.05) is 7.11 Å². The van der Waals surface area contributed by atoms with Crippen LogP contribution in [0.4, 0.5) is 0 Å². The molecular weight excluding hydrogens is 288 g/mol. The number of hydrogen-bond donors (Lipinski definition) is 1. The number of carbonyl (C=O) groups is 1. The lowest BCUT2D eigenvalue weighted by molar-refractivity contribution is -0.135. The Morgan fingerprint density at radius 3 is 2.71 bits per heavy atom. The molecule has 0 bridgehead atoms. The number of amidine groups is 1. The van der Waals surface area contributed by atoms with Gasteiger partial charge in [-0.25, -0.2) is 14.8 Å². The molecule has 0 saturated heterocycles. The molecule has 0 aliphatic carbocycles. The van der Waals surface area contributed by atoms with Gasteiger partial charge in [0.05, 0.1) is 7.11 Å². The zero-order valence-electron chi connectivity index (χ0n) is 11.6. The van der Waals surface area contributed by atoms with E-state index in [1.165, 1.54) is 18.9 Å². The van der Waals surface area contributed by atoms with E-state index in [1.54, 1.807) is 11.8 Å². The Labute approximate surface area is 126 Å². The van der Waals surface area contributed by atoms with E-state index in [0.29, 0.717) is 21.7 Å². The van der Waals surface area contributed by atoms with Crippen LogP contribution in [-0.4, -0.2) is 29.1 Å². The largest absolute Gasteiger partial charge is 0.465 e. The molecule has 0 radical (unpaired) electrons. The predicted molar refractivity (Wildman–Crippen MR) is 82.4 cm³/mol. The summed E-state index contributed by atoms with van der Waals surface area (Å²) < 4.78 is 4.78. The van der Waals surface area contributed by atoms with Gasteiger partial charge in [0.15, 0.2) is 11.3 Å². The average Bonchev–Trinajstić information content (AvgIpc) is 2.85. The zero-order chi connectivity index (χ0) is 15.0. The molecule has 6 nitrogen and oxygen atoms in total. The van der Waals surface area contributed by atoms with E-state index >= 15 is 0 Å². The van der Waals surface area contributed by atoms with Gasteiger partial charge in [-0.05, 0) is 24.2 Å². The summed E-state index contributed by atoms with van der Waals surface area (Å²) in [6.07, 6.45) is -0.380. The number of aliphatic imine (C=N–C) groups is 2. The molecule has 2 aliphatic heterocycles. The van der Waals surface area contributed by atoms with Gasteiger partial charge in [-0.2, -0.15) is 0 Å². The highest BCUT2D eigenvalue weighted by Crippen LogP contribution is 2.38. The van der Waals surface area contributed by atoms with E-state index < -0.39 is 5.97 Å². The molecule has 1 atom stereocenters. The second kappa shape index (κ2) is 5.25. The molecule has 7 heteroatoms. The second-order valence-corrected chi connectivity index (χ2v) is 5.50. The first-order chi connectivity index (χ1) is 10.1. The highest BCUT2D eigenvalue weighted by molar-refractivity contribution is 8.18. The third kappa shape index (κ3) is 2.29. The SMILES string of the molecule is COC(=O)C1=C(C)N2C(N)=NC(c3ccccc3)N=C2S1. The number of ether oxygens (including phenoxy) is 1. The number of rotatable bonds is 2.